The molecule has 1 N–H and O–H groups in total. The van der Waals surface area contributed by atoms with Gasteiger partial charge in [0.05, 0.1) is 11.9 Å². The predicted molar refractivity (Wildman–Crippen MR) is 77.0 cm³/mol. The van der Waals surface area contributed by atoms with Gasteiger partial charge >= 0.3 is 6.03 Å². The zero-order valence-corrected chi connectivity index (χ0v) is 12.3. The van der Waals surface area contributed by atoms with E-state index in [4.69, 9.17) is 0 Å². The predicted octanol–water partition coefficient (Wildman–Crippen LogP) is 3.51. The molecular formula is C15H22FN3O. The molecule has 2 amide bonds. The van der Waals surface area contributed by atoms with Crippen LogP contribution in [-0.4, -0.2) is 29.0 Å². The molecule has 110 valence electrons. The van der Waals surface area contributed by atoms with Gasteiger partial charge in [-0.1, -0.05) is 20.8 Å². The number of halogens is 1. The molecule has 0 bridgehead atoms. The van der Waals surface area contributed by atoms with Crippen molar-refractivity contribution in [3.05, 3.63) is 24.3 Å². The van der Waals surface area contributed by atoms with Crippen LogP contribution in [0.2, 0.25) is 0 Å². The second kappa shape index (κ2) is 5.77. The lowest BCUT2D eigenvalue weighted by Gasteiger charge is -2.38. The highest BCUT2D eigenvalue weighted by Gasteiger charge is 2.30. The van der Waals surface area contributed by atoms with Gasteiger partial charge in [0, 0.05) is 19.3 Å². The minimum Gasteiger partial charge on any atom is -0.325 e. The van der Waals surface area contributed by atoms with Crippen LogP contribution in [0.15, 0.2) is 18.5 Å². The van der Waals surface area contributed by atoms with E-state index in [1.165, 1.54) is 12.3 Å². The van der Waals surface area contributed by atoms with Gasteiger partial charge in [-0.15, -0.1) is 0 Å². The minimum absolute atomic E-state index is 0.183. The lowest BCUT2D eigenvalue weighted by Crippen LogP contribution is -2.43. The van der Waals surface area contributed by atoms with E-state index < -0.39 is 5.82 Å². The summed E-state index contributed by atoms with van der Waals surface area (Å²) in [6, 6.07) is 1.23. The summed E-state index contributed by atoms with van der Waals surface area (Å²) < 4.78 is 13.4. The number of nitrogens with one attached hydrogen (secondary N) is 1. The molecule has 1 aliphatic rings. The molecule has 0 spiro atoms. The van der Waals surface area contributed by atoms with Crippen molar-refractivity contribution in [1.29, 1.82) is 0 Å². The molecule has 1 fully saturated rings. The average Bonchev–Trinajstić information content (AvgIpc) is 2.40. The lowest BCUT2D eigenvalue weighted by molar-refractivity contribution is 0.128. The summed E-state index contributed by atoms with van der Waals surface area (Å²) in [4.78, 5) is 17.5. The first-order chi connectivity index (χ1) is 9.38. The van der Waals surface area contributed by atoms with Crippen LogP contribution in [0.5, 0.6) is 0 Å². The van der Waals surface area contributed by atoms with E-state index in [0.717, 1.165) is 32.1 Å². The van der Waals surface area contributed by atoms with Crippen molar-refractivity contribution in [2.45, 2.75) is 33.6 Å². The van der Waals surface area contributed by atoms with E-state index in [9.17, 15) is 9.18 Å². The SMILES string of the molecule is CC(C)(C)C1CCN(C(=O)Nc2ccncc2F)CC1. The standard InChI is InChI=1S/C15H22FN3O/c1-15(2,3)11-5-8-19(9-6-11)14(20)18-13-4-7-17-10-12(13)16/h4,7,10-11H,5-6,8-9H2,1-3H3,(H,17,18,20). The second-order valence-electron chi connectivity index (χ2n) is 6.41. The second-order valence-corrected chi connectivity index (χ2v) is 6.41. The molecule has 0 atom stereocenters. The Bertz CT molecular complexity index is 476. The van der Waals surface area contributed by atoms with E-state index >= 15 is 0 Å². The minimum atomic E-state index is -0.509. The van der Waals surface area contributed by atoms with E-state index in [2.05, 4.69) is 31.1 Å². The number of pyridine rings is 1. The normalized spacial score (nSPS) is 17.1. The molecule has 0 saturated carbocycles. The summed E-state index contributed by atoms with van der Waals surface area (Å²) in [7, 11) is 0. The van der Waals surface area contributed by atoms with Crippen LogP contribution in [0.3, 0.4) is 0 Å². The largest absolute Gasteiger partial charge is 0.325 e. The number of carbonyl (C=O) groups is 1. The number of likely N-dealkylation sites (tertiary alicyclic amines) is 1. The smallest absolute Gasteiger partial charge is 0.321 e. The number of rotatable bonds is 1. The Hall–Kier alpha value is -1.65. The Balaban J connectivity index is 1.91. The Morgan fingerprint density at radius 1 is 1.40 bits per heavy atom. The van der Waals surface area contributed by atoms with Crippen LogP contribution < -0.4 is 5.32 Å². The molecule has 2 heterocycles. The van der Waals surface area contributed by atoms with Crippen LogP contribution >= 0.6 is 0 Å². The van der Waals surface area contributed by atoms with Gasteiger partial charge in [0.25, 0.3) is 0 Å². The van der Waals surface area contributed by atoms with Gasteiger partial charge in [0.1, 0.15) is 0 Å². The van der Waals surface area contributed by atoms with Gasteiger partial charge in [-0.05, 0) is 30.2 Å². The summed E-state index contributed by atoms with van der Waals surface area (Å²) in [5, 5.41) is 2.61. The van der Waals surface area contributed by atoms with Crippen LogP contribution in [0.1, 0.15) is 33.6 Å². The first-order valence-corrected chi connectivity index (χ1v) is 7.03. The van der Waals surface area contributed by atoms with Crippen molar-refractivity contribution in [2.24, 2.45) is 11.3 Å². The first-order valence-electron chi connectivity index (χ1n) is 7.03. The fourth-order valence-electron chi connectivity index (χ4n) is 2.62. The van der Waals surface area contributed by atoms with E-state index in [0.29, 0.717) is 5.92 Å². The molecule has 0 aromatic carbocycles. The number of amides is 2. The number of hydrogen-bond acceptors (Lipinski definition) is 2. The molecule has 1 saturated heterocycles. The van der Waals surface area contributed by atoms with Crippen molar-refractivity contribution in [2.75, 3.05) is 18.4 Å². The van der Waals surface area contributed by atoms with Gasteiger partial charge in [-0.2, -0.15) is 0 Å². The topological polar surface area (TPSA) is 45.2 Å². The van der Waals surface area contributed by atoms with E-state index in [1.54, 1.807) is 4.90 Å². The van der Waals surface area contributed by atoms with Crippen molar-refractivity contribution in [3.63, 3.8) is 0 Å². The number of nitrogens with zero attached hydrogens (tertiary/aromatic N) is 2. The van der Waals surface area contributed by atoms with Gasteiger partial charge in [0.2, 0.25) is 0 Å². The van der Waals surface area contributed by atoms with Gasteiger partial charge in [-0.3, -0.25) is 4.98 Å². The van der Waals surface area contributed by atoms with Crippen molar-refractivity contribution >= 4 is 11.7 Å². The summed E-state index contributed by atoms with van der Waals surface area (Å²) in [5.41, 5.74) is 0.461. The van der Waals surface area contributed by atoms with Gasteiger partial charge in [-0.25, -0.2) is 9.18 Å². The number of hydrogen-bond donors (Lipinski definition) is 1. The zero-order chi connectivity index (χ0) is 14.8. The molecule has 2 rings (SSSR count). The van der Waals surface area contributed by atoms with Crippen molar-refractivity contribution < 1.29 is 9.18 Å². The van der Waals surface area contributed by atoms with Crippen molar-refractivity contribution in [1.82, 2.24) is 9.88 Å². The highest BCUT2D eigenvalue weighted by molar-refractivity contribution is 5.89. The number of piperidine rings is 1. The molecule has 0 aliphatic carbocycles. The molecular weight excluding hydrogens is 257 g/mol. The summed E-state index contributed by atoms with van der Waals surface area (Å²) in [6.45, 7) is 8.15. The van der Waals surface area contributed by atoms with Crippen LogP contribution in [-0.2, 0) is 0 Å². The third-order valence-corrected chi connectivity index (χ3v) is 4.02. The number of carbonyl (C=O) groups excluding carboxylic acids is 1. The summed E-state index contributed by atoms with van der Waals surface area (Å²) in [5.74, 6) is 0.120. The van der Waals surface area contributed by atoms with Crippen molar-refractivity contribution in [3.8, 4) is 0 Å². The lowest BCUT2D eigenvalue weighted by atomic mass is 9.75. The van der Waals surface area contributed by atoms with E-state index in [-0.39, 0.29) is 17.1 Å². The van der Waals surface area contributed by atoms with Crippen LogP contribution in [0.25, 0.3) is 0 Å². The Kier molecular flexibility index (Phi) is 4.26. The molecule has 0 radical (unpaired) electrons. The Morgan fingerprint density at radius 3 is 2.60 bits per heavy atom. The zero-order valence-electron chi connectivity index (χ0n) is 12.3. The third kappa shape index (κ3) is 3.46. The molecule has 1 aliphatic heterocycles. The fourth-order valence-corrected chi connectivity index (χ4v) is 2.62. The van der Waals surface area contributed by atoms with Gasteiger partial charge < -0.3 is 10.2 Å². The first kappa shape index (κ1) is 14.8. The van der Waals surface area contributed by atoms with Crippen LogP contribution in [0.4, 0.5) is 14.9 Å². The molecule has 0 unspecified atom stereocenters. The highest BCUT2D eigenvalue weighted by Crippen LogP contribution is 2.34. The van der Waals surface area contributed by atoms with Gasteiger partial charge in [0.15, 0.2) is 5.82 Å². The maximum Gasteiger partial charge on any atom is 0.321 e. The van der Waals surface area contributed by atoms with E-state index in [1.807, 2.05) is 0 Å². The molecule has 1 aromatic rings. The molecule has 1 aromatic heterocycles. The average molecular weight is 279 g/mol. The van der Waals surface area contributed by atoms with Crippen LogP contribution in [0, 0.1) is 17.2 Å². The Labute approximate surface area is 119 Å². The molecule has 20 heavy (non-hydrogen) atoms. The molecule has 5 heteroatoms. The number of urea groups is 1. The summed E-state index contributed by atoms with van der Waals surface area (Å²) >= 11 is 0. The Morgan fingerprint density at radius 2 is 2.05 bits per heavy atom. The maximum absolute atomic E-state index is 13.4. The quantitative estimate of drug-likeness (QED) is 0.855. The number of aromatic nitrogens is 1. The third-order valence-electron chi connectivity index (χ3n) is 4.02. The number of anilines is 1. The highest BCUT2D eigenvalue weighted by atomic mass is 19.1. The molecule has 4 nitrogen and oxygen atoms in total. The maximum atomic E-state index is 13.4. The summed E-state index contributed by atoms with van der Waals surface area (Å²) in [6.07, 6.45) is 4.55. The monoisotopic (exact) mass is 279 g/mol. The fraction of sp³-hybridized carbons (Fsp3) is 0.600.